The minimum absolute atomic E-state index is 0.0397. The highest BCUT2D eigenvalue weighted by Crippen LogP contribution is 2.74. The molecule has 3 heterocycles. The number of alkyl halides is 2. The first-order valence-corrected chi connectivity index (χ1v) is 11.9. The summed E-state index contributed by atoms with van der Waals surface area (Å²) in [5, 5.41) is 9.94. The molecule has 7 rings (SSSR count). The standard InChI is InChI=1S/C19H22F2O6S2/c1-17(20,21)16(24)27-18-4-7-2-8(5-18)19(9(3-7)6-18)28-13-12-11(26-15(13)29-19)10(22)14(23)25-12/h7-13,15,22H,2-6H2,1H3. The van der Waals surface area contributed by atoms with Crippen molar-refractivity contribution < 1.29 is 37.7 Å². The van der Waals surface area contributed by atoms with E-state index in [1.54, 1.807) is 23.5 Å². The lowest BCUT2D eigenvalue weighted by atomic mass is 9.53. The molecule has 4 aliphatic carbocycles. The molecule has 0 amide bonds. The number of aliphatic hydroxyl groups excluding tert-OH is 1. The van der Waals surface area contributed by atoms with Crippen LogP contribution in [0.2, 0.25) is 0 Å². The number of esters is 2. The van der Waals surface area contributed by atoms with Crippen LogP contribution in [0.15, 0.2) is 0 Å². The highest BCUT2D eigenvalue weighted by Gasteiger charge is 2.72. The normalized spacial score (nSPS) is 54.6. The molecule has 1 spiro atoms. The summed E-state index contributed by atoms with van der Waals surface area (Å²) in [6, 6.07) is 0. The molecule has 7 unspecified atom stereocenters. The molecule has 0 radical (unpaired) electrons. The van der Waals surface area contributed by atoms with Crippen molar-refractivity contribution >= 4 is 35.5 Å². The summed E-state index contributed by atoms with van der Waals surface area (Å²) in [5.74, 6) is -4.67. The van der Waals surface area contributed by atoms with Gasteiger partial charge in [-0.3, -0.25) is 0 Å². The third-order valence-electron chi connectivity index (χ3n) is 7.57. The van der Waals surface area contributed by atoms with Gasteiger partial charge in [0.2, 0.25) is 0 Å². The van der Waals surface area contributed by atoms with Gasteiger partial charge in [-0.15, -0.1) is 23.5 Å². The summed E-state index contributed by atoms with van der Waals surface area (Å²) < 4.78 is 43.7. The van der Waals surface area contributed by atoms with Crippen LogP contribution in [0.25, 0.3) is 0 Å². The summed E-state index contributed by atoms with van der Waals surface area (Å²) in [6.07, 6.45) is 1.58. The van der Waals surface area contributed by atoms with E-state index in [4.69, 9.17) is 14.2 Å². The van der Waals surface area contributed by atoms with E-state index in [1.165, 1.54) is 0 Å². The Morgan fingerprint density at radius 2 is 1.90 bits per heavy atom. The first kappa shape index (κ1) is 19.1. The molecule has 0 aromatic heterocycles. The second-order valence-corrected chi connectivity index (χ2v) is 12.6. The summed E-state index contributed by atoms with van der Waals surface area (Å²) in [5.41, 5.74) is -0.940. The molecular formula is C19H22F2O6S2. The molecule has 29 heavy (non-hydrogen) atoms. The SMILES string of the molecule is CC(F)(F)C(=O)OC12CC3CC(C1)C1(SC4OC5C(O)C(=O)OC5C4S1)C(C3)C2. The van der Waals surface area contributed by atoms with Crippen molar-refractivity contribution in [2.45, 2.75) is 83.6 Å². The average molecular weight is 449 g/mol. The first-order chi connectivity index (χ1) is 13.6. The Morgan fingerprint density at radius 1 is 1.21 bits per heavy atom. The number of ether oxygens (including phenoxy) is 3. The summed E-state index contributed by atoms with van der Waals surface area (Å²) in [7, 11) is 0. The Balaban J connectivity index is 1.25. The third-order valence-corrected chi connectivity index (χ3v) is 11.8. The van der Waals surface area contributed by atoms with Crippen LogP contribution in [0, 0.1) is 17.8 Å². The Morgan fingerprint density at radius 3 is 2.55 bits per heavy atom. The van der Waals surface area contributed by atoms with E-state index in [0.29, 0.717) is 32.1 Å². The number of aliphatic hydroxyl groups is 1. The van der Waals surface area contributed by atoms with Gasteiger partial charge in [0.15, 0.2) is 6.10 Å². The maximum Gasteiger partial charge on any atom is 0.377 e. The van der Waals surface area contributed by atoms with Crippen LogP contribution in [0.1, 0.15) is 39.0 Å². The molecule has 0 aromatic rings. The molecule has 4 bridgehead atoms. The zero-order valence-corrected chi connectivity index (χ0v) is 17.3. The number of halogens is 2. The average Bonchev–Trinajstić information content (AvgIpc) is 3.22. The molecule has 6 nitrogen and oxygen atoms in total. The van der Waals surface area contributed by atoms with Gasteiger partial charge in [0, 0.05) is 6.92 Å². The van der Waals surface area contributed by atoms with Crippen molar-refractivity contribution in [1.29, 1.82) is 0 Å². The van der Waals surface area contributed by atoms with E-state index in [-0.39, 0.29) is 26.6 Å². The Bertz CT molecular complexity index is 771. The van der Waals surface area contributed by atoms with Crippen LogP contribution in [0.4, 0.5) is 8.78 Å². The van der Waals surface area contributed by atoms with Crippen LogP contribution >= 0.6 is 23.5 Å². The minimum Gasteiger partial charge on any atom is -0.456 e. The largest absolute Gasteiger partial charge is 0.456 e. The zero-order chi connectivity index (χ0) is 20.3. The van der Waals surface area contributed by atoms with Crippen LogP contribution in [-0.2, 0) is 23.8 Å². The fourth-order valence-electron chi connectivity index (χ4n) is 6.67. The topological polar surface area (TPSA) is 82.1 Å². The molecule has 0 aromatic carbocycles. The lowest BCUT2D eigenvalue weighted by Crippen LogP contribution is -2.62. The molecule has 7 aliphatic rings. The van der Waals surface area contributed by atoms with Crippen molar-refractivity contribution in [3.63, 3.8) is 0 Å². The van der Waals surface area contributed by atoms with Gasteiger partial charge in [0.1, 0.15) is 23.2 Å². The van der Waals surface area contributed by atoms with Gasteiger partial charge in [-0.2, -0.15) is 8.78 Å². The number of fused-ring (bicyclic) bond motifs is 3. The summed E-state index contributed by atoms with van der Waals surface area (Å²) in [4.78, 5) is 23.7. The number of rotatable bonds is 2. The quantitative estimate of drug-likeness (QED) is 0.645. The third kappa shape index (κ3) is 2.55. The van der Waals surface area contributed by atoms with Gasteiger partial charge in [-0.05, 0) is 49.9 Å². The highest BCUT2D eigenvalue weighted by atomic mass is 32.2. The van der Waals surface area contributed by atoms with Crippen LogP contribution < -0.4 is 0 Å². The maximum atomic E-state index is 13.5. The molecule has 160 valence electrons. The predicted octanol–water partition coefficient (Wildman–Crippen LogP) is 2.32. The fraction of sp³-hybridized carbons (Fsp3) is 0.895. The van der Waals surface area contributed by atoms with E-state index in [2.05, 4.69) is 0 Å². The van der Waals surface area contributed by atoms with Crippen molar-refractivity contribution in [2.75, 3.05) is 0 Å². The summed E-state index contributed by atoms with van der Waals surface area (Å²) >= 11 is 3.54. The zero-order valence-electron chi connectivity index (χ0n) is 15.7. The molecule has 7 atom stereocenters. The number of hydrogen-bond acceptors (Lipinski definition) is 8. The molecule has 3 aliphatic heterocycles. The molecule has 1 N–H and O–H groups in total. The van der Waals surface area contributed by atoms with Crippen molar-refractivity contribution in [3.05, 3.63) is 0 Å². The summed E-state index contributed by atoms with van der Waals surface area (Å²) in [6.45, 7) is 0.590. The van der Waals surface area contributed by atoms with Crippen LogP contribution in [0.5, 0.6) is 0 Å². The number of carbonyl (C=O) groups excluding carboxylic acids is 2. The number of thioether (sulfide) groups is 2. The Hall–Kier alpha value is -0.580. The van der Waals surface area contributed by atoms with E-state index in [0.717, 1.165) is 12.8 Å². The molecule has 7 fully saturated rings. The van der Waals surface area contributed by atoms with Crippen molar-refractivity contribution in [3.8, 4) is 0 Å². The maximum absolute atomic E-state index is 13.5. The van der Waals surface area contributed by atoms with Gasteiger partial charge in [-0.1, -0.05) is 0 Å². The van der Waals surface area contributed by atoms with E-state index >= 15 is 0 Å². The minimum atomic E-state index is -3.48. The predicted molar refractivity (Wildman–Crippen MR) is 99.2 cm³/mol. The van der Waals surface area contributed by atoms with E-state index in [1.807, 2.05) is 0 Å². The van der Waals surface area contributed by atoms with Crippen LogP contribution in [0.3, 0.4) is 0 Å². The molecule has 4 saturated carbocycles. The number of carbonyl (C=O) groups is 2. The van der Waals surface area contributed by atoms with Gasteiger partial charge < -0.3 is 19.3 Å². The molecule has 10 heteroatoms. The second-order valence-electron chi connectivity index (χ2n) is 9.54. The number of hydrogen-bond donors (Lipinski definition) is 1. The second kappa shape index (κ2) is 5.81. The van der Waals surface area contributed by atoms with E-state index in [9.17, 15) is 23.5 Å². The van der Waals surface area contributed by atoms with Gasteiger partial charge in [-0.25, -0.2) is 9.59 Å². The Kier molecular flexibility index (Phi) is 3.83. The Labute approximate surface area is 174 Å². The lowest BCUT2D eigenvalue weighted by Gasteiger charge is -2.63. The van der Waals surface area contributed by atoms with Gasteiger partial charge in [0.05, 0.1) is 9.33 Å². The monoisotopic (exact) mass is 448 g/mol. The van der Waals surface area contributed by atoms with Gasteiger partial charge >= 0.3 is 17.9 Å². The first-order valence-electron chi connectivity index (χ1n) is 10.1. The highest BCUT2D eigenvalue weighted by molar-refractivity contribution is 8.22. The van der Waals surface area contributed by atoms with Crippen molar-refractivity contribution in [1.82, 2.24) is 0 Å². The van der Waals surface area contributed by atoms with Gasteiger partial charge in [0.25, 0.3) is 0 Å². The van der Waals surface area contributed by atoms with E-state index < -0.39 is 41.8 Å². The van der Waals surface area contributed by atoms with Crippen molar-refractivity contribution in [2.24, 2.45) is 17.8 Å². The molecule has 3 saturated heterocycles. The lowest BCUT2D eigenvalue weighted by molar-refractivity contribution is -0.208. The smallest absolute Gasteiger partial charge is 0.377 e. The fourth-order valence-corrected chi connectivity index (χ4v) is 11.1. The molecular weight excluding hydrogens is 426 g/mol. The van der Waals surface area contributed by atoms with Crippen LogP contribution in [-0.4, -0.2) is 61.6 Å².